The van der Waals surface area contributed by atoms with Crippen molar-refractivity contribution in [1.82, 2.24) is 5.32 Å². The summed E-state index contributed by atoms with van der Waals surface area (Å²) in [5.41, 5.74) is 1.46. The predicted molar refractivity (Wildman–Crippen MR) is 85.2 cm³/mol. The highest BCUT2D eigenvalue weighted by molar-refractivity contribution is 8.00. The van der Waals surface area contributed by atoms with Gasteiger partial charge in [-0.15, -0.1) is 11.8 Å². The third-order valence-electron chi connectivity index (χ3n) is 3.22. The first-order valence-corrected chi connectivity index (χ1v) is 8.00. The van der Waals surface area contributed by atoms with Crippen molar-refractivity contribution in [3.63, 3.8) is 0 Å². The quantitative estimate of drug-likeness (QED) is 0.773. The van der Waals surface area contributed by atoms with Crippen LogP contribution in [0.4, 0.5) is 5.69 Å². The molecule has 1 saturated heterocycles. The van der Waals surface area contributed by atoms with Gasteiger partial charge < -0.3 is 15.7 Å². The van der Waals surface area contributed by atoms with E-state index < -0.39 is 23.2 Å². The first-order valence-electron chi connectivity index (χ1n) is 6.57. The molecule has 2 rings (SSSR count). The summed E-state index contributed by atoms with van der Waals surface area (Å²) >= 11 is 7.06. The van der Waals surface area contributed by atoms with Gasteiger partial charge in [0.2, 0.25) is 11.8 Å². The Morgan fingerprint density at radius 3 is 2.86 bits per heavy atom. The molecular formula is C14H15ClN2O4S. The summed E-state index contributed by atoms with van der Waals surface area (Å²) in [5, 5.41) is 13.9. The van der Waals surface area contributed by atoms with Crippen molar-refractivity contribution in [2.75, 3.05) is 11.1 Å². The first kappa shape index (κ1) is 16.6. The number of carbonyl (C=O) groups excluding carboxylic acids is 2. The van der Waals surface area contributed by atoms with Gasteiger partial charge in [-0.1, -0.05) is 17.7 Å². The van der Waals surface area contributed by atoms with Crippen LogP contribution in [0.3, 0.4) is 0 Å². The molecule has 3 N–H and O–H groups in total. The van der Waals surface area contributed by atoms with Crippen LogP contribution in [0.5, 0.6) is 0 Å². The summed E-state index contributed by atoms with van der Waals surface area (Å²) in [5.74, 6) is -1.57. The van der Waals surface area contributed by atoms with Crippen molar-refractivity contribution < 1.29 is 19.5 Å². The summed E-state index contributed by atoms with van der Waals surface area (Å²) < 4.78 is 0. The van der Waals surface area contributed by atoms with E-state index in [2.05, 4.69) is 10.6 Å². The summed E-state index contributed by atoms with van der Waals surface area (Å²) in [4.78, 5) is 34.7. The predicted octanol–water partition coefficient (Wildman–Crippen LogP) is 1.66. The fraction of sp³-hybridized carbons (Fsp3) is 0.357. The van der Waals surface area contributed by atoms with Crippen LogP contribution in [0, 0.1) is 6.92 Å². The minimum atomic E-state index is -1.07. The summed E-state index contributed by atoms with van der Waals surface area (Å²) in [6.45, 7) is 1.84. The van der Waals surface area contributed by atoms with E-state index in [0.717, 1.165) is 5.56 Å². The van der Waals surface area contributed by atoms with Crippen molar-refractivity contribution in [2.45, 2.75) is 24.6 Å². The van der Waals surface area contributed by atoms with Gasteiger partial charge in [-0.2, -0.15) is 0 Å². The molecule has 1 heterocycles. The van der Waals surface area contributed by atoms with Crippen LogP contribution >= 0.6 is 23.4 Å². The third-order valence-corrected chi connectivity index (χ3v) is 4.76. The second-order valence-electron chi connectivity index (χ2n) is 4.93. The van der Waals surface area contributed by atoms with E-state index in [0.29, 0.717) is 10.7 Å². The van der Waals surface area contributed by atoms with Gasteiger partial charge in [0.25, 0.3) is 0 Å². The van der Waals surface area contributed by atoms with Crippen LogP contribution in [-0.4, -0.2) is 39.9 Å². The molecule has 0 aromatic heterocycles. The molecule has 0 aliphatic carbocycles. The molecular weight excluding hydrogens is 328 g/mol. The van der Waals surface area contributed by atoms with Gasteiger partial charge in [0, 0.05) is 22.9 Å². The number of amides is 2. The van der Waals surface area contributed by atoms with Crippen molar-refractivity contribution >= 4 is 46.8 Å². The number of benzene rings is 1. The second kappa shape index (κ2) is 7.02. The maximum atomic E-state index is 12.0. The van der Waals surface area contributed by atoms with Crippen LogP contribution in [0.15, 0.2) is 18.2 Å². The molecule has 0 radical (unpaired) electrons. The van der Waals surface area contributed by atoms with E-state index in [1.165, 1.54) is 11.8 Å². The van der Waals surface area contributed by atoms with Crippen LogP contribution in [0.25, 0.3) is 0 Å². The van der Waals surface area contributed by atoms with Crippen molar-refractivity contribution in [3.8, 4) is 0 Å². The Morgan fingerprint density at radius 1 is 1.50 bits per heavy atom. The minimum absolute atomic E-state index is 0.0191. The normalized spacial score (nSPS) is 21.1. The van der Waals surface area contributed by atoms with Gasteiger partial charge >= 0.3 is 5.97 Å². The SMILES string of the molecule is Cc1ccc(Cl)cc1NC(=O)C[C@H]1SC[C@H](C(=O)O)NC1=O. The number of carbonyl (C=O) groups is 3. The van der Waals surface area contributed by atoms with Gasteiger partial charge in [-0.3, -0.25) is 9.59 Å². The van der Waals surface area contributed by atoms with Gasteiger partial charge in [0.1, 0.15) is 6.04 Å². The maximum absolute atomic E-state index is 12.0. The zero-order valence-electron chi connectivity index (χ0n) is 11.8. The standard InChI is InChI=1S/C14H15ClN2O4S/c1-7-2-3-8(15)4-9(7)16-12(18)5-11-13(19)17-10(6-22-11)14(20)21/h2-4,10-11H,5-6H2,1H3,(H,16,18)(H,17,19)(H,20,21)/t10-,11-/m1/s1. The van der Waals surface area contributed by atoms with Crippen molar-refractivity contribution in [1.29, 1.82) is 0 Å². The highest BCUT2D eigenvalue weighted by Crippen LogP contribution is 2.24. The van der Waals surface area contributed by atoms with Crippen LogP contribution in [-0.2, 0) is 14.4 Å². The number of aliphatic carboxylic acids is 1. The summed E-state index contributed by atoms with van der Waals surface area (Å²) in [6.07, 6.45) is -0.0191. The lowest BCUT2D eigenvalue weighted by atomic mass is 10.2. The Kier molecular flexibility index (Phi) is 5.31. The Balaban J connectivity index is 1.94. The Labute approximate surface area is 136 Å². The van der Waals surface area contributed by atoms with Gasteiger partial charge in [0.15, 0.2) is 0 Å². The number of nitrogens with one attached hydrogen (secondary N) is 2. The molecule has 2 atom stereocenters. The highest BCUT2D eigenvalue weighted by atomic mass is 35.5. The lowest BCUT2D eigenvalue weighted by Gasteiger charge is -2.25. The van der Waals surface area contributed by atoms with E-state index in [4.69, 9.17) is 16.7 Å². The molecule has 118 valence electrons. The molecule has 8 heteroatoms. The molecule has 2 amide bonds. The minimum Gasteiger partial charge on any atom is -0.480 e. The molecule has 1 aliphatic rings. The van der Waals surface area contributed by atoms with Crippen LogP contribution in [0.2, 0.25) is 5.02 Å². The van der Waals surface area contributed by atoms with Gasteiger partial charge in [0.05, 0.1) is 5.25 Å². The van der Waals surface area contributed by atoms with E-state index >= 15 is 0 Å². The summed E-state index contributed by atoms with van der Waals surface area (Å²) in [6, 6.07) is 4.26. The van der Waals surface area contributed by atoms with Gasteiger partial charge in [-0.05, 0) is 24.6 Å². The first-order chi connectivity index (χ1) is 10.4. The monoisotopic (exact) mass is 342 g/mol. The number of carboxylic acids is 1. The van der Waals surface area contributed by atoms with Crippen molar-refractivity contribution in [3.05, 3.63) is 28.8 Å². The molecule has 6 nitrogen and oxygen atoms in total. The number of aryl methyl sites for hydroxylation is 1. The van der Waals surface area contributed by atoms with E-state index in [-0.39, 0.29) is 18.1 Å². The Morgan fingerprint density at radius 2 is 2.23 bits per heavy atom. The highest BCUT2D eigenvalue weighted by Gasteiger charge is 2.33. The maximum Gasteiger partial charge on any atom is 0.327 e. The smallest absolute Gasteiger partial charge is 0.327 e. The summed E-state index contributed by atoms with van der Waals surface area (Å²) in [7, 11) is 0. The number of hydrogen-bond donors (Lipinski definition) is 3. The zero-order chi connectivity index (χ0) is 16.3. The number of halogens is 1. The van der Waals surface area contributed by atoms with Gasteiger partial charge in [-0.25, -0.2) is 4.79 Å². The fourth-order valence-corrected chi connectivity index (χ4v) is 3.29. The van der Waals surface area contributed by atoms with Crippen molar-refractivity contribution in [2.24, 2.45) is 0 Å². The lowest BCUT2D eigenvalue weighted by Crippen LogP contribution is -2.51. The molecule has 0 spiro atoms. The lowest BCUT2D eigenvalue weighted by molar-refractivity contribution is -0.141. The van der Waals surface area contributed by atoms with Crippen LogP contribution < -0.4 is 10.6 Å². The number of rotatable bonds is 4. The Hall–Kier alpha value is -1.73. The molecule has 0 bridgehead atoms. The average molecular weight is 343 g/mol. The third kappa shape index (κ3) is 4.14. The zero-order valence-corrected chi connectivity index (χ0v) is 13.3. The number of hydrogen-bond acceptors (Lipinski definition) is 4. The number of carboxylic acid groups (broad SMARTS) is 1. The molecule has 1 aromatic rings. The second-order valence-corrected chi connectivity index (χ2v) is 6.61. The average Bonchev–Trinajstić information content (AvgIpc) is 2.45. The van der Waals surface area contributed by atoms with E-state index in [1.54, 1.807) is 18.2 Å². The topological polar surface area (TPSA) is 95.5 Å². The van der Waals surface area contributed by atoms with E-state index in [9.17, 15) is 14.4 Å². The molecule has 22 heavy (non-hydrogen) atoms. The number of thioether (sulfide) groups is 1. The molecule has 0 unspecified atom stereocenters. The van der Waals surface area contributed by atoms with Crippen LogP contribution in [0.1, 0.15) is 12.0 Å². The molecule has 1 aromatic carbocycles. The van der Waals surface area contributed by atoms with E-state index in [1.807, 2.05) is 6.92 Å². The largest absolute Gasteiger partial charge is 0.480 e. The number of anilines is 1. The molecule has 1 aliphatic heterocycles. The fourth-order valence-electron chi connectivity index (χ4n) is 1.98. The Bertz CT molecular complexity index is 623. The molecule has 0 saturated carbocycles. The molecule has 1 fully saturated rings.